The SMILES string of the molecule is COC(=O)c1ccc(C2=CN3C(=O)c4cc(OC)c(OCCCCCOc5cc6c(cc5OC)C(=O)N5C=C(c7ccc(CN)cc7)CC5C=N6)cc4N=CC3C2)cc1. The molecule has 0 radical (unpaired) electrons. The molecular weight excluding hydrogens is 751 g/mol. The Morgan fingerprint density at radius 3 is 1.58 bits per heavy atom. The first-order chi connectivity index (χ1) is 28.8. The number of unbranched alkanes of at least 4 members (excludes halogenated alkanes) is 2. The van der Waals surface area contributed by atoms with Crippen molar-refractivity contribution in [3.05, 3.63) is 119 Å². The summed E-state index contributed by atoms with van der Waals surface area (Å²) < 4.78 is 28.4. The molecule has 4 aromatic rings. The summed E-state index contributed by atoms with van der Waals surface area (Å²) in [5, 5.41) is 0. The van der Waals surface area contributed by atoms with Crippen molar-refractivity contribution >= 4 is 52.7 Å². The third kappa shape index (κ3) is 7.93. The molecule has 0 aromatic heterocycles. The van der Waals surface area contributed by atoms with Crippen LogP contribution in [0.4, 0.5) is 11.4 Å². The molecule has 4 aliphatic heterocycles. The van der Waals surface area contributed by atoms with E-state index >= 15 is 0 Å². The predicted molar refractivity (Wildman–Crippen MR) is 224 cm³/mol. The van der Waals surface area contributed by atoms with Crippen molar-refractivity contribution in [2.75, 3.05) is 34.5 Å². The molecule has 8 rings (SSSR count). The summed E-state index contributed by atoms with van der Waals surface area (Å²) in [6.07, 6.45) is 11.0. The van der Waals surface area contributed by atoms with Gasteiger partial charge in [0.2, 0.25) is 0 Å². The van der Waals surface area contributed by atoms with E-state index in [1.165, 1.54) is 7.11 Å². The van der Waals surface area contributed by atoms with Crippen LogP contribution in [-0.2, 0) is 11.3 Å². The largest absolute Gasteiger partial charge is 0.493 e. The molecule has 0 saturated heterocycles. The molecule has 2 N–H and O–H groups in total. The minimum absolute atomic E-state index is 0.140. The van der Waals surface area contributed by atoms with Crippen LogP contribution in [0.3, 0.4) is 0 Å². The van der Waals surface area contributed by atoms with Gasteiger partial charge in [-0.1, -0.05) is 36.4 Å². The second-order valence-corrected chi connectivity index (χ2v) is 14.6. The summed E-state index contributed by atoms with van der Waals surface area (Å²) in [5.41, 5.74) is 13.2. The van der Waals surface area contributed by atoms with E-state index in [4.69, 9.17) is 39.4 Å². The van der Waals surface area contributed by atoms with E-state index in [1.807, 2.05) is 55.0 Å². The Morgan fingerprint density at radius 2 is 1.14 bits per heavy atom. The first kappa shape index (κ1) is 39.1. The zero-order valence-electron chi connectivity index (χ0n) is 33.2. The highest BCUT2D eigenvalue weighted by molar-refractivity contribution is 6.06. The third-order valence-electron chi connectivity index (χ3n) is 11.0. The fourth-order valence-electron chi connectivity index (χ4n) is 7.68. The van der Waals surface area contributed by atoms with Gasteiger partial charge in [-0.15, -0.1) is 0 Å². The maximum atomic E-state index is 13.8. The lowest BCUT2D eigenvalue weighted by Crippen LogP contribution is -2.32. The van der Waals surface area contributed by atoms with Crippen molar-refractivity contribution in [2.45, 2.75) is 50.7 Å². The molecule has 0 fully saturated rings. The summed E-state index contributed by atoms with van der Waals surface area (Å²) in [6, 6.07) is 21.7. The molecule has 4 heterocycles. The van der Waals surface area contributed by atoms with Gasteiger partial charge in [0.15, 0.2) is 23.0 Å². The second kappa shape index (κ2) is 17.0. The number of aliphatic imine (C=N–C) groups is 2. The van der Waals surface area contributed by atoms with E-state index in [1.54, 1.807) is 66.6 Å². The molecule has 59 heavy (non-hydrogen) atoms. The zero-order valence-corrected chi connectivity index (χ0v) is 33.2. The molecule has 0 saturated carbocycles. The molecule has 302 valence electrons. The van der Waals surface area contributed by atoms with E-state index < -0.39 is 5.97 Å². The third-order valence-corrected chi connectivity index (χ3v) is 11.0. The number of hydrogen-bond acceptors (Lipinski definition) is 11. The number of nitrogens with two attached hydrogens (primary N) is 1. The van der Waals surface area contributed by atoms with Crippen LogP contribution in [0.2, 0.25) is 0 Å². The number of ether oxygens (including phenoxy) is 5. The number of carbonyl (C=O) groups is 3. The quantitative estimate of drug-likeness (QED) is 0.101. The van der Waals surface area contributed by atoms with Crippen molar-refractivity contribution in [1.82, 2.24) is 9.80 Å². The van der Waals surface area contributed by atoms with E-state index in [2.05, 4.69) is 0 Å². The van der Waals surface area contributed by atoms with Crippen molar-refractivity contribution in [1.29, 1.82) is 0 Å². The Hall–Kier alpha value is -6.73. The first-order valence-corrected chi connectivity index (χ1v) is 19.6. The summed E-state index contributed by atoms with van der Waals surface area (Å²) in [6.45, 7) is 1.34. The fourth-order valence-corrected chi connectivity index (χ4v) is 7.68. The van der Waals surface area contributed by atoms with Crippen LogP contribution in [-0.4, -0.2) is 86.6 Å². The number of carbonyl (C=O) groups excluding carboxylic acids is 3. The van der Waals surface area contributed by atoms with Crippen LogP contribution in [0.5, 0.6) is 23.0 Å². The number of benzene rings is 4. The van der Waals surface area contributed by atoms with Gasteiger partial charge >= 0.3 is 5.97 Å². The van der Waals surface area contributed by atoms with Gasteiger partial charge in [0.1, 0.15) is 0 Å². The van der Waals surface area contributed by atoms with Gasteiger partial charge in [-0.05, 0) is 71.4 Å². The zero-order chi connectivity index (χ0) is 41.0. The second-order valence-electron chi connectivity index (χ2n) is 14.6. The van der Waals surface area contributed by atoms with Gasteiger partial charge in [0.25, 0.3) is 11.8 Å². The van der Waals surface area contributed by atoms with E-state index in [0.717, 1.165) is 47.1 Å². The molecule has 13 heteroatoms. The lowest BCUT2D eigenvalue weighted by Gasteiger charge is -2.19. The number of methoxy groups -OCH3 is 3. The van der Waals surface area contributed by atoms with Crippen LogP contribution in [0, 0.1) is 0 Å². The van der Waals surface area contributed by atoms with Crippen molar-refractivity contribution in [2.24, 2.45) is 15.7 Å². The van der Waals surface area contributed by atoms with Crippen molar-refractivity contribution in [3.63, 3.8) is 0 Å². The molecular formula is C46H45N5O8. The van der Waals surface area contributed by atoms with Gasteiger partial charge in [0, 0.05) is 56.3 Å². The Morgan fingerprint density at radius 1 is 0.661 bits per heavy atom. The van der Waals surface area contributed by atoms with Crippen LogP contribution >= 0.6 is 0 Å². The Kier molecular flexibility index (Phi) is 11.3. The molecule has 4 aliphatic rings. The van der Waals surface area contributed by atoms with Crippen molar-refractivity contribution < 1.29 is 38.1 Å². The maximum Gasteiger partial charge on any atom is 0.337 e. The molecule has 0 bridgehead atoms. The fraction of sp³-hybridized carbons (Fsp3) is 0.283. The highest BCUT2D eigenvalue weighted by Crippen LogP contribution is 2.42. The summed E-state index contributed by atoms with van der Waals surface area (Å²) >= 11 is 0. The molecule has 2 atom stereocenters. The lowest BCUT2D eigenvalue weighted by molar-refractivity contribution is 0.0600. The normalized spacial score (nSPS) is 17.6. The van der Waals surface area contributed by atoms with Gasteiger partial charge in [-0.3, -0.25) is 19.6 Å². The first-order valence-electron chi connectivity index (χ1n) is 19.6. The number of nitrogens with zero attached hydrogens (tertiary/aromatic N) is 4. The highest BCUT2D eigenvalue weighted by atomic mass is 16.5. The number of esters is 1. The van der Waals surface area contributed by atoms with Crippen LogP contribution < -0.4 is 24.7 Å². The smallest absolute Gasteiger partial charge is 0.337 e. The van der Waals surface area contributed by atoms with Crippen LogP contribution in [0.1, 0.15) is 79.9 Å². The summed E-state index contributed by atoms with van der Waals surface area (Å²) in [4.78, 5) is 52.2. The van der Waals surface area contributed by atoms with Gasteiger partial charge in [-0.2, -0.15) is 0 Å². The lowest BCUT2D eigenvalue weighted by atomic mass is 10.0. The highest BCUT2D eigenvalue weighted by Gasteiger charge is 2.35. The number of hydrogen-bond donors (Lipinski definition) is 1. The topological polar surface area (TPSA) is 155 Å². The molecule has 0 spiro atoms. The average molecular weight is 796 g/mol. The minimum atomic E-state index is -0.400. The predicted octanol–water partition coefficient (Wildman–Crippen LogP) is 7.52. The van der Waals surface area contributed by atoms with Gasteiger partial charge in [0.05, 0.1) is 74.7 Å². The Labute approximate surface area is 342 Å². The van der Waals surface area contributed by atoms with Crippen LogP contribution in [0.15, 0.2) is 95.2 Å². The summed E-state index contributed by atoms with van der Waals surface area (Å²) in [5.74, 6) is 1.22. The molecule has 13 nitrogen and oxygen atoms in total. The standard InChI is InChI=1S/C46H45N5O8/c1-55-40-19-36-38(48-24-34-17-32(26-50(34)44(36)52)29-9-7-28(23-47)8-10-29)21-42(40)58-15-5-4-6-16-59-43-22-39-37(20-41(43)56-2)45(53)51-27-33(18-35(51)25-49-39)30-11-13-31(14-12-30)46(54)57-3/h7-14,19-22,24-27,34-35H,4-6,15-18,23,47H2,1-3H3. The molecule has 2 amide bonds. The number of fused-ring (bicyclic) bond motifs is 4. The number of amides is 2. The number of rotatable bonds is 14. The summed E-state index contributed by atoms with van der Waals surface area (Å²) in [7, 11) is 4.45. The molecule has 0 aliphatic carbocycles. The molecule has 4 aromatic carbocycles. The van der Waals surface area contributed by atoms with Gasteiger partial charge in [-0.25, -0.2) is 4.79 Å². The van der Waals surface area contributed by atoms with E-state index in [9.17, 15) is 14.4 Å². The van der Waals surface area contributed by atoms with E-state index in [0.29, 0.717) is 83.7 Å². The van der Waals surface area contributed by atoms with Crippen LogP contribution in [0.25, 0.3) is 11.1 Å². The minimum Gasteiger partial charge on any atom is -0.493 e. The molecule has 2 unspecified atom stereocenters. The van der Waals surface area contributed by atoms with Crippen molar-refractivity contribution in [3.8, 4) is 23.0 Å². The van der Waals surface area contributed by atoms with E-state index in [-0.39, 0.29) is 23.9 Å². The Balaban J connectivity index is 0.844. The average Bonchev–Trinajstić information content (AvgIpc) is 3.85. The monoisotopic (exact) mass is 795 g/mol. The maximum absolute atomic E-state index is 13.8. The van der Waals surface area contributed by atoms with Gasteiger partial charge < -0.3 is 39.2 Å². The Bertz CT molecular complexity index is 2400.